The summed E-state index contributed by atoms with van der Waals surface area (Å²) in [6, 6.07) is 3.63. The van der Waals surface area contributed by atoms with Crippen molar-refractivity contribution in [2.75, 3.05) is 12.4 Å². The van der Waals surface area contributed by atoms with Gasteiger partial charge in [-0.05, 0) is 25.5 Å². The number of anilines is 1. The van der Waals surface area contributed by atoms with Crippen molar-refractivity contribution in [2.45, 2.75) is 20.4 Å². The quantitative estimate of drug-likeness (QED) is 0.860. The summed E-state index contributed by atoms with van der Waals surface area (Å²) in [6.45, 7) is 3.63. The van der Waals surface area contributed by atoms with Gasteiger partial charge >= 0.3 is 5.97 Å². The van der Waals surface area contributed by atoms with Crippen LogP contribution in [0.15, 0.2) is 18.3 Å². The largest absolute Gasteiger partial charge is 0.496 e. The Morgan fingerprint density at radius 3 is 2.68 bits per heavy atom. The third kappa shape index (κ3) is 3.22. The van der Waals surface area contributed by atoms with E-state index in [0.717, 1.165) is 11.1 Å². The normalized spacial score (nSPS) is 10.3. The molecule has 1 aromatic carbocycles. The molecule has 0 radical (unpaired) electrons. The molecule has 8 heteroatoms. The minimum atomic E-state index is -1.19. The van der Waals surface area contributed by atoms with E-state index < -0.39 is 5.97 Å². The number of hydrogen-bond donors (Lipinski definition) is 2. The molecule has 0 unspecified atom stereocenters. The number of carbonyl (C=O) groups excluding carboxylic acids is 1. The van der Waals surface area contributed by atoms with Gasteiger partial charge in [0.2, 0.25) is 5.91 Å². The summed E-state index contributed by atoms with van der Waals surface area (Å²) in [5.74, 6) is -0.812. The van der Waals surface area contributed by atoms with E-state index in [0.29, 0.717) is 11.4 Å². The van der Waals surface area contributed by atoms with Crippen LogP contribution in [-0.4, -0.2) is 39.1 Å². The van der Waals surface area contributed by atoms with Gasteiger partial charge in [-0.25, -0.2) is 9.48 Å². The number of rotatable bonds is 5. The van der Waals surface area contributed by atoms with Crippen molar-refractivity contribution in [3.63, 3.8) is 0 Å². The minimum absolute atomic E-state index is 0.129. The van der Waals surface area contributed by atoms with Crippen LogP contribution in [0.4, 0.5) is 5.69 Å². The van der Waals surface area contributed by atoms with Crippen molar-refractivity contribution in [1.82, 2.24) is 15.0 Å². The lowest BCUT2D eigenvalue weighted by atomic mass is 10.1. The average molecular weight is 304 g/mol. The fourth-order valence-corrected chi connectivity index (χ4v) is 2.09. The standard InChI is InChI=1S/C14H16N4O4/c1-8-4-5-10(9(2)13(8)22-3)15-12(19)7-18-6-11(14(20)21)16-17-18/h4-6H,7H2,1-3H3,(H,15,19)(H,20,21). The minimum Gasteiger partial charge on any atom is -0.496 e. The van der Waals surface area contributed by atoms with E-state index in [1.807, 2.05) is 19.9 Å². The first-order valence-corrected chi connectivity index (χ1v) is 6.50. The number of carboxylic acids is 1. The van der Waals surface area contributed by atoms with Crippen LogP contribution < -0.4 is 10.1 Å². The van der Waals surface area contributed by atoms with E-state index in [1.54, 1.807) is 13.2 Å². The molecular formula is C14H16N4O4. The Kier molecular flexibility index (Phi) is 4.40. The highest BCUT2D eigenvalue weighted by atomic mass is 16.5. The molecule has 22 heavy (non-hydrogen) atoms. The lowest BCUT2D eigenvalue weighted by Gasteiger charge is -2.13. The maximum absolute atomic E-state index is 12.0. The second kappa shape index (κ2) is 6.25. The van der Waals surface area contributed by atoms with Crippen LogP contribution >= 0.6 is 0 Å². The molecule has 0 aliphatic rings. The fourth-order valence-electron chi connectivity index (χ4n) is 2.09. The number of hydrogen-bond acceptors (Lipinski definition) is 5. The molecule has 0 saturated heterocycles. The molecule has 0 bridgehead atoms. The maximum atomic E-state index is 12.0. The van der Waals surface area contributed by atoms with Crippen LogP contribution in [0, 0.1) is 13.8 Å². The van der Waals surface area contributed by atoms with Crippen LogP contribution in [0.2, 0.25) is 0 Å². The molecule has 0 aliphatic heterocycles. The summed E-state index contributed by atoms with van der Waals surface area (Å²) in [5.41, 5.74) is 2.22. The number of aryl methyl sites for hydroxylation is 1. The number of aromatic nitrogens is 3. The Hall–Kier alpha value is -2.90. The summed E-state index contributed by atoms with van der Waals surface area (Å²) in [5, 5.41) is 18.5. The summed E-state index contributed by atoms with van der Waals surface area (Å²) >= 11 is 0. The van der Waals surface area contributed by atoms with E-state index in [4.69, 9.17) is 9.84 Å². The van der Waals surface area contributed by atoms with E-state index in [-0.39, 0.29) is 18.1 Å². The molecule has 0 saturated carbocycles. The Bertz CT molecular complexity index is 724. The fraction of sp³-hybridized carbons (Fsp3) is 0.286. The van der Waals surface area contributed by atoms with Gasteiger partial charge in [0.15, 0.2) is 5.69 Å². The van der Waals surface area contributed by atoms with Gasteiger partial charge in [-0.1, -0.05) is 11.3 Å². The van der Waals surface area contributed by atoms with Gasteiger partial charge in [0.05, 0.1) is 13.3 Å². The highest BCUT2D eigenvalue weighted by Crippen LogP contribution is 2.29. The number of nitrogens with zero attached hydrogens (tertiary/aromatic N) is 3. The van der Waals surface area contributed by atoms with Gasteiger partial charge in [-0.15, -0.1) is 5.10 Å². The van der Waals surface area contributed by atoms with Gasteiger partial charge in [-0.3, -0.25) is 4.79 Å². The number of ether oxygens (including phenoxy) is 1. The lowest BCUT2D eigenvalue weighted by molar-refractivity contribution is -0.116. The maximum Gasteiger partial charge on any atom is 0.358 e. The van der Waals surface area contributed by atoms with Crippen molar-refractivity contribution >= 4 is 17.6 Å². The highest BCUT2D eigenvalue weighted by Gasteiger charge is 2.13. The van der Waals surface area contributed by atoms with Gasteiger partial charge in [0, 0.05) is 11.3 Å². The van der Waals surface area contributed by atoms with Crippen molar-refractivity contribution < 1.29 is 19.4 Å². The summed E-state index contributed by atoms with van der Waals surface area (Å²) in [4.78, 5) is 22.7. The predicted octanol–water partition coefficient (Wildman–Crippen LogP) is 1.24. The van der Waals surface area contributed by atoms with Crippen molar-refractivity contribution in [3.05, 3.63) is 35.2 Å². The molecule has 1 amide bonds. The van der Waals surface area contributed by atoms with Gasteiger partial charge in [0.25, 0.3) is 0 Å². The number of nitrogens with one attached hydrogen (secondary N) is 1. The zero-order chi connectivity index (χ0) is 16.3. The molecule has 2 rings (SSSR count). The second-order valence-electron chi connectivity index (χ2n) is 4.74. The average Bonchev–Trinajstić information content (AvgIpc) is 2.91. The molecule has 2 N–H and O–H groups in total. The number of benzene rings is 1. The van der Waals surface area contributed by atoms with Crippen molar-refractivity contribution in [1.29, 1.82) is 0 Å². The number of methoxy groups -OCH3 is 1. The Labute approximate surface area is 126 Å². The molecule has 8 nitrogen and oxygen atoms in total. The van der Waals surface area contributed by atoms with E-state index >= 15 is 0 Å². The van der Waals surface area contributed by atoms with Crippen molar-refractivity contribution in [3.8, 4) is 5.75 Å². The zero-order valence-electron chi connectivity index (χ0n) is 12.5. The molecule has 1 aromatic heterocycles. The first kappa shape index (κ1) is 15.5. The Balaban J connectivity index is 2.10. The highest BCUT2D eigenvalue weighted by molar-refractivity contribution is 5.92. The third-order valence-electron chi connectivity index (χ3n) is 3.14. The number of carboxylic acid groups (broad SMARTS) is 1. The van der Waals surface area contributed by atoms with Gasteiger partial charge in [0.1, 0.15) is 12.3 Å². The number of amides is 1. The summed E-state index contributed by atoms with van der Waals surface area (Å²) in [6.07, 6.45) is 1.20. The molecule has 0 fully saturated rings. The number of aromatic carboxylic acids is 1. The first-order valence-electron chi connectivity index (χ1n) is 6.50. The SMILES string of the molecule is COc1c(C)ccc(NC(=O)Cn2cc(C(=O)O)nn2)c1C. The second-order valence-corrected chi connectivity index (χ2v) is 4.74. The Morgan fingerprint density at radius 2 is 2.09 bits per heavy atom. The number of carbonyl (C=O) groups is 2. The van der Waals surface area contributed by atoms with Crippen LogP contribution in [0.3, 0.4) is 0 Å². The van der Waals surface area contributed by atoms with E-state index in [2.05, 4.69) is 15.6 Å². The Morgan fingerprint density at radius 1 is 1.36 bits per heavy atom. The van der Waals surface area contributed by atoms with E-state index in [9.17, 15) is 9.59 Å². The molecule has 116 valence electrons. The smallest absolute Gasteiger partial charge is 0.358 e. The molecule has 0 aliphatic carbocycles. The molecule has 2 aromatic rings. The van der Waals surface area contributed by atoms with Crippen LogP contribution in [0.1, 0.15) is 21.6 Å². The van der Waals surface area contributed by atoms with Crippen molar-refractivity contribution in [2.24, 2.45) is 0 Å². The topological polar surface area (TPSA) is 106 Å². The zero-order valence-corrected chi connectivity index (χ0v) is 12.5. The van der Waals surface area contributed by atoms with Crippen LogP contribution in [0.25, 0.3) is 0 Å². The summed E-state index contributed by atoms with van der Waals surface area (Å²) < 4.78 is 6.47. The monoisotopic (exact) mass is 304 g/mol. The van der Waals surface area contributed by atoms with E-state index in [1.165, 1.54) is 10.9 Å². The van der Waals surface area contributed by atoms with Gasteiger partial charge < -0.3 is 15.2 Å². The lowest BCUT2D eigenvalue weighted by Crippen LogP contribution is -2.19. The van der Waals surface area contributed by atoms with Gasteiger partial charge in [-0.2, -0.15) is 0 Å². The van der Waals surface area contributed by atoms with Crippen LogP contribution in [0.5, 0.6) is 5.75 Å². The summed E-state index contributed by atoms with van der Waals surface area (Å²) in [7, 11) is 1.57. The molecule has 0 spiro atoms. The first-order chi connectivity index (χ1) is 10.4. The third-order valence-corrected chi connectivity index (χ3v) is 3.14. The predicted molar refractivity (Wildman–Crippen MR) is 78.1 cm³/mol. The molecular weight excluding hydrogens is 288 g/mol. The molecule has 1 heterocycles. The van der Waals surface area contributed by atoms with Crippen LogP contribution in [-0.2, 0) is 11.3 Å². The molecule has 0 atom stereocenters.